The number of tetrazole rings is 1. The van der Waals surface area contributed by atoms with Gasteiger partial charge in [-0.15, -0.1) is 0 Å². The maximum Gasteiger partial charge on any atom is 0.288 e. The summed E-state index contributed by atoms with van der Waals surface area (Å²) >= 11 is 3.46. The van der Waals surface area contributed by atoms with Gasteiger partial charge in [0.25, 0.3) is 5.56 Å². The number of aromatic nitrogens is 6. The number of benzene rings is 2. The minimum absolute atomic E-state index is 0.339. The van der Waals surface area contributed by atoms with Crippen LogP contribution in [0.1, 0.15) is 17.2 Å². The Morgan fingerprint density at radius 2 is 1.86 bits per heavy atom. The zero-order valence-electron chi connectivity index (χ0n) is 15.1. The molecular weight excluding hydrogens is 438 g/mol. The van der Waals surface area contributed by atoms with E-state index in [0.717, 1.165) is 21.3 Å². The molecule has 9 nitrogen and oxygen atoms in total. The fraction of sp³-hybridized carbons (Fsp3) is 0.105. The minimum Gasteiger partial charge on any atom is -0.497 e. The lowest BCUT2D eigenvalue weighted by atomic mass is 9.92. The molecule has 10 heteroatoms. The Kier molecular flexibility index (Phi) is 4.13. The highest BCUT2D eigenvalue weighted by Gasteiger charge is 2.34. The van der Waals surface area contributed by atoms with Crippen LogP contribution in [0, 0.1) is 0 Å². The third-order valence-corrected chi connectivity index (χ3v) is 5.35. The van der Waals surface area contributed by atoms with Gasteiger partial charge in [-0.1, -0.05) is 33.2 Å². The van der Waals surface area contributed by atoms with E-state index >= 15 is 0 Å². The largest absolute Gasteiger partial charge is 0.497 e. The van der Waals surface area contributed by atoms with Crippen molar-refractivity contribution < 1.29 is 4.74 Å². The first kappa shape index (κ1) is 17.6. The van der Waals surface area contributed by atoms with Crippen molar-refractivity contribution in [3.8, 4) is 17.0 Å². The van der Waals surface area contributed by atoms with Crippen LogP contribution >= 0.6 is 15.9 Å². The van der Waals surface area contributed by atoms with E-state index in [9.17, 15) is 4.79 Å². The molecule has 0 saturated carbocycles. The highest BCUT2D eigenvalue weighted by molar-refractivity contribution is 9.10. The van der Waals surface area contributed by atoms with Crippen LogP contribution in [0.5, 0.6) is 5.75 Å². The van der Waals surface area contributed by atoms with Gasteiger partial charge in [0.05, 0.1) is 12.8 Å². The molecule has 0 spiro atoms. The third-order valence-electron chi connectivity index (χ3n) is 4.82. The number of fused-ring (bicyclic) bond motifs is 2. The van der Waals surface area contributed by atoms with Crippen molar-refractivity contribution in [3.05, 3.63) is 74.5 Å². The number of methoxy groups -OCH3 is 1. The van der Waals surface area contributed by atoms with E-state index in [1.807, 2.05) is 48.5 Å². The van der Waals surface area contributed by atoms with Crippen LogP contribution in [0.2, 0.25) is 0 Å². The number of hydrogen-bond donors (Lipinski definition) is 2. The Labute approximate surface area is 172 Å². The zero-order chi connectivity index (χ0) is 20.0. The fourth-order valence-electron chi connectivity index (χ4n) is 3.46. The monoisotopic (exact) mass is 451 g/mol. The van der Waals surface area contributed by atoms with Gasteiger partial charge < -0.3 is 10.1 Å². The molecule has 0 amide bonds. The molecule has 0 bridgehead atoms. The van der Waals surface area contributed by atoms with Gasteiger partial charge in [-0.25, -0.2) is 5.10 Å². The van der Waals surface area contributed by atoms with Crippen LogP contribution in [0.3, 0.4) is 0 Å². The molecule has 2 aromatic carbocycles. The third kappa shape index (κ3) is 2.88. The van der Waals surface area contributed by atoms with Crippen LogP contribution in [0.15, 0.2) is 57.8 Å². The number of nitrogens with one attached hydrogen (secondary N) is 2. The first-order chi connectivity index (χ1) is 14.2. The lowest BCUT2D eigenvalue weighted by molar-refractivity contribution is 0.415. The predicted molar refractivity (Wildman–Crippen MR) is 109 cm³/mol. The number of hydrogen-bond acceptors (Lipinski definition) is 7. The highest BCUT2D eigenvalue weighted by atomic mass is 79.9. The Bertz CT molecular complexity index is 1250. The summed E-state index contributed by atoms with van der Waals surface area (Å²) in [7, 11) is 1.61. The van der Waals surface area contributed by atoms with Gasteiger partial charge in [0.15, 0.2) is 0 Å². The molecule has 5 rings (SSSR count). The van der Waals surface area contributed by atoms with E-state index in [1.165, 1.54) is 0 Å². The van der Waals surface area contributed by atoms with Crippen molar-refractivity contribution in [3.63, 3.8) is 0 Å². The van der Waals surface area contributed by atoms with E-state index < -0.39 is 6.04 Å². The van der Waals surface area contributed by atoms with Crippen LogP contribution in [-0.4, -0.2) is 37.5 Å². The molecule has 2 aromatic heterocycles. The Morgan fingerprint density at radius 3 is 2.59 bits per heavy atom. The molecule has 1 aliphatic heterocycles. The van der Waals surface area contributed by atoms with Crippen LogP contribution < -0.4 is 15.6 Å². The second kappa shape index (κ2) is 6.82. The van der Waals surface area contributed by atoms with Crippen molar-refractivity contribution in [1.82, 2.24) is 30.4 Å². The highest BCUT2D eigenvalue weighted by Crippen LogP contribution is 2.41. The number of anilines is 2. The van der Waals surface area contributed by atoms with E-state index in [-0.39, 0.29) is 5.56 Å². The van der Waals surface area contributed by atoms with Crippen molar-refractivity contribution in [2.75, 3.05) is 12.4 Å². The standard InChI is InChI=1S/C19H14BrN7O2/c1-29-13-8-4-10(5-9-13)15-14-16(18(28)23-22-15)21-19-24-25-26-27(19)17(14)11-2-6-12(20)7-3-11/h2-9,17H,1H3,(H,23,28)(H,21,24,26)/t17-/m0/s1. The molecular formula is C19H14BrN7O2. The second-order valence-electron chi connectivity index (χ2n) is 6.44. The fourth-order valence-corrected chi connectivity index (χ4v) is 3.72. The first-order valence-electron chi connectivity index (χ1n) is 8.73. The molecule has 4 aromatic rings. The smallest absolute Gasteiger partial charge is 0.288 e. The number of aromatic amines is 1. The van der Waals surface area contributed by atoms with Gasteiger partial charge in [-0.05, 0) is 52.4 Å². The van der Waals surface area contributed by atoms with Gasteiger partial charge in [-0.3, -0.25) is 4.79 Å². The van der Waals surface area contributed by atoms with Gasteiger partial charge in [-0.2, -0.15) is 9.78 Å². The summed E-state index contributed by atoms with van der Waals surface area (Å²) in [5.41, 5.74) is 3.12. The maximum atomic E-state index is 12.6. The molecule has 144 valence electrons. The molecule has 1 atom stereocenters. The summed E-state index contributed by atoms with van der Waals surface area (Å²) in [6.45, 7) is 0. The number of H-pyrrole nitrogens is 1. The Morgan fingerprint density at radius 1 is 1.10 bits per heavy atom. The summed E-state index contributed by atoms with van der Waals surface area (Å²) in [5.74, 6) is 1.13. The van der Waals surface area contributed by atoms with Crippen LogP contribution in [-0.2, 0) is 0 Å². The summed E-state index contributed by atoms with van der Waals surface area (Å²) in [4.78, 5) is 12.6. The predicted octanol–water partition coefficient (Wildman–Crippen LogP) is 2.89. The number of halogens is 1. The molecule has 0 unspecified atom stereocenters. The molecule has 0 aliphatic carbocycles. The van der Waals surface area contributed by atoms with Gasteiger partial charge in [0, 0.05) is 15.6 Å². The molecule has 0 saturated heterocycles. The number of rotatable bonds is 3. The first-order valence-corrected chi connectivity index (χ1v) is 9.52. The average molecular weight is 452 g/mol. The van der Waals surface area contributed by atoms with E-state index in [1.54, 1.807) is 11.8 Å². The lowest BCUT2D eigenvalue weighted by Crippen LogP contribution is -2.29. The summed E-state index contributed by atoms with van der Waals surface area (Å²) in [6, 6.07) is 14.9. The summed E-state index contributed by atoms with van der Waals surface area (Å²) in [5, 5.41) is 21.9. The number of ether oxygens (including phenoxy) is 1. The quantitative estimate of drug-likeness (QED) is 0.433. The maximum absolute atomic E-state index is 12.6. The normalized spacial score (nSPS) is 14.6. The lowest BCUT2D eigenvalue weighted by Gasteiger charge is -2.27. The SMILES string of the molecule is COc1ccc(-c2n[nH]c(=O)c3c2[C@H](c2ccc(Br)cc2)n2nnnc2N3)cc1. The van der Waals surface area contributed by atoms with Crippen molar-refractivity contribution in [2.45, 2.75) is 6.04 Å². The molecule has 1 aliphatic rings. The molecule has 2 N–H and O–H groups in total. The summed E-state index contributed by atoms with van der Waals surface area (Å²) in [6.07, 6.45) is 0. The Balaban J connectivity index is 1.78. The van der Waals surface area contributed by atoms with Gasteiger partial charge >= 0.3 is 0 Å². The molecule has 0 radical (unpaired) electrons. The molecule has 3 heterocycles. The van der Waals surface area contributed by atoms with E-state index in [0.29, 0.717) is 22.9 Å². The van der Waals surface area contributed by atoms with Crippen LogP contribution in [0.4, 0.5) is 11.6 Å². The second-order valence-corrected chi connectivity index (χ2v) is 7.36. The van der Waals surface area contributed by atoms with Crippen LogP contribution in [0.25, 0.3) is 11.3 Å². The van der Waals surface area contributed by atoms with E-state index in [2.05, 4.69) is 47.0 Å². The topological polar surface area (TPSA) is 111 Å². The van der Waals surface area contributed by atoms with Crippen molar-refractivity contribution in [2.24, 2.45) is 0 Å². The molecule has 0 fully saturated rings. The zero-order valence-corrected chi connectivity index (χ0v) is 16.7. The van der Waals surface area contributed by atoms with Crippen molar-refractivity contribution in [1.29, 1.82) is 0 Å². The van der Waals surface area contributed by atoms with Gasteiger partial charge in [0.2, 0.25) is 5.95 Å². The number of nitrogens with zero attached hydrogens (tertiary/aromatic N) is 5. The van der Waals surface area contributed by atoms with Crippen molar-refractivity contribution >= 4 is 27.6 Å². The minimum atomic E-state index is -0.420. The molecule has 29 heavy (non-hydrogen) atoms. The summed E-state index contributed by atoms with van der Waals surface area (Å²) < 4.78 is 7.85. The van der Waals surface area contributed by atoms with Gasteiger partial charge in [0.1, 0.15) is 17.5 Å². The Hall–Kier alpha value is -3.53. The van der Waals surface area contributed by atoms with E-state index in [4.69, 9.17) is 4.74 Å². The average Bonchev–Trinajstić information content (AvgIpc) is 3.22.